The van der Waals surface area contributed by atoms with Gasteiger partial charge in [-0.2, -0.15) is 13.2 Å². The second-order valence-electron chi connectivity index (χ2n) is 5.83. The molecule has 1 aliphatic heterocycles. The van der Waals surface area contributed by atoms with Gasteiger partial charge in [0.25, 0.3) is 0 Å². The number of hydrogen-bond donors (Lipinski definition) is 2. The number of carbonyl (C=O) groups excluding carboxylic acids is 1. The molecule has 0 saturated carbocycles. The minimum absolute atomic E-state index is 0.283. The quantitative estimate of drug-likeness (QED) is 0.784. The Labute approximate surface area is 126 Å². The number of carboxylic acid groups (broad SMARTS) is 1. The van der Waals surface area contributed by atoms with E-state index >= 15 is 0 Å². The molecule has 1 fully saturated rings. The third-order valence-corrected chi connectivity index (χ3v) is 4.26. The summed E-state index contributed by atoms with van der Waals surface area (Å²) < 4.78 is 38.6. The Bertz CT molecular complexity index is 465. The first-order chi connectivity index (χ1) is 10.3. The molecule has 8 heteroatoms. The summed E-state index contributed by atoms with van der Waals surface area (Å²) in [6.45, 7) is -0.610. The largest absolute Gasteiger partial charge is 0.481 e. The molecule has 0 aromatic heterocycles. The van der Waals surface area contributed by atoms with Crippen LogP contribution in [-0.2, 0) is 4.79 Å². The zero-order chi connectivity index (χ0) is 16.3. The van der Waals surface area contributed by atoms with Crippen LogP contribution in [0.15, 0.2) is 12.2 Å². The molecule has 2 N–H and O–H groups in total. The summed E-state index contributed by atoms with van der Waals surface area (Å²) in [5.74, 6) is -4.84. The lowest BCUT2D eigenvalue weighted by atomic mass is 9.94. The number of halogens is 3. The Morgan fingerprint density at radius 1 is 1.27 bits per heavy atom. The summed E-state index contributed by atoms with van der Waals surface area (Å²) >= 11 is 0. The molecule has 22 heavy (non-hydrogen) atoms. The predicted molar refractivity (Wildman–Crippen MR) is 72.1 cm³/mol. The van der Waals surface area contributed by atoms with Crippen LogP contribution in [0.25, 0.3) is 0 Å². The fourth-order valence-corrected chi connectivity index (χ4v) is 2.94. The van der Waals surface area contributed by atoms with Crippen LogP contribution in [0.4, 0.5) is 18.0 Å². The molecule has 1 heterocycles. The number of carboxylic acids is 1. The molecule has 1 unspecified atom stereocenters. The highest BCUT2D eigenvalue weighted by Gasteiger charge is 2.53. The van der Waals surface area contributed by atoms with Gasteiger partial charge in [0.1, 0.15) is 0 Å². The van der Waals surface area contributed by atoms with Gasteiger partial charge in [-0.15, -0.1) is 0 Å². The first kappa shape index (κ1) is 16.6. The Hall–Kier alpha value is -1.73. The summed E-state index contributed by atoms with van der Waals surface area (Å²) in [6.07, 6.45) is 2.16. The van der Waals surface area contributed by atoms with Crippen molar-refractivity contribution in [3.63, 3.8) is 0 Å². The summed E-state index contributed by atoms with van der Waals surface area (Å²) in [5, 5.41) is 11.5. The van der Waals surface area contributed by atoms with Gasteiger partial charge in [0.2, 0.25) is 0 Å². The van der Waals surface area contributed by atoms with E-state index in [1.807, 2.05) is 6.08 Å². The van der Waals surface area contributed by atoms with Crippen LogP contribution in [0.2, 0.25) is 0 Å². The normalized spacial score (nSPS) is 28.7. The van der Waals surface area contributed by atoms with E-state index in [0.29, 0.717) is 6.54 Å². The lowest BCUT2D eigenvalue weighted by molar-refractivity contribution is -0.187. The van der Waals surface area contributed by atoms with Crippen molar-refractivity contribution in [3.8, 4) is 0 Å². The van der Waals surface area contributed by atoms with Gasteiger partial charge in [-0.25, -0.2) is 4.79 Å². The van der Waals surface area contributed by atoms with Crippen molar-refractivity contribution in [2.45, 2.75) is 25.4 Å². The van der Waals surface area contributed by atoms with Crippen LogP contribution in [0.3, 0.4) is 0 Å². The maximum absolute atomic E-state index is 12.9. The molecule has 1 saturated heterocycles. The Morgan fingerprint density at radius 3 is 2.50 bits per heavy atom. The minimum Gasteiger partial charge on any atom is -0.481 e. The number of urea groups is 1. The van der Waals surface area contributed by atoms with Crippen LogP contribution in [0.1, 0.15) is 19.3 Å². The third kappa shape index (κ3) is 3.92. The Morgan fingerprint density at radius 2 is 2.00 bits per heavy atom. The maximum atomic E-state index is 12.9. The standard InChI is InChI=1S/C14H19F3N2O3/c15-14(16,17)11-8-19(7-10(11)12(20)21)13(22)18-6-9-4-2-1-3-5-9/h1-2,9-11H,3-8H2,(H,18,22)(H,20,21)/t9?,10-,11-/m1/s1. The van der Waals surface area contributed by atoms with Crippen molar-refractivity contribution < 1.29 is 27.9 Å². The molecule has 0 radical (unpaired) electrons. The van der Waals surface area contributed by atoms with Gasteiger partial charge in [-0.3, -0.25) is 4.79 Å². The fraction of sp³-hybridized carbons (Fsp3) is 0.714. The molecular formula is C14H19F3N2O3. The topological polar surface area (TPSA) is 69.6 Å². The summed E-state index contributed by atoms with van der Waals surface area (Å²) in [4.78, 5) is 23.9. The number of nitrogens with zero attached hydrogens (tertiary/aromatic N) is 1. The monoisotopic (exact) mass is 320 g/mol. The molecule has 2 aliphatic rings. The van der Waals surface area contributed by atoms with Crippen LogP contribution in [0.5, 0.6) is 0 Å². The van der Waals surface area contributed by atoms with Crippen molar-refractivity contribution in [2.75, 3.05) is 19.6 Å². The van der Waals surface area contributed by atoms with Gasteiger partial charge < -0.3 is 15.3 Å². The van der Waals surface area contributed by atoms with Gasteiger partial charge in [0.05, 0.1) is 11.8 Å². The highest BCUT2D eigenvalue weighted by Crippen LogP contribution is 2.37. The van der Waals surface area contributed by atoms with Gasteiger partial charge in [0.15, 0.2) is 0 Å². The average molecular weight is 320 g/mol. The molecule has 124 valence electrons. The fourth-order valence-electron chi connectivity index (χ4n) is 2.94. The van der Waals surface area contributed by atoms with Crippen molar-refractivity contribution in [3.05, 3.63) is 12.2 Å². The highest BCUT2D eigenvalue weighted by molar-refractivity contribution is 5.77. The van der Waals surface area contributed by atoms with E-state index < -0.39 is 43.1 Å². The van der Waals surface area contributed by atoms with Crippen molar-refractivity contribution >= 4 is 12.0 Å². The van der Waals surface area contributed by atoms with Crippen LogP contribution < -0.4 is 5.32 Å². The van der Waals surface area contributed by atoms with E-state index in [2.05, 4.69) is 11.4 Å². The minimum atomic E-state index is -4.62. The van der Waals surface area contributed by atoms with Gasteiger partial charge in [-0.1, -0.05) is 12.2 Å². The number of allylic oxidation sites excluding steroid dienone is 2. The molecular weight excluding hydrogens is 301 g/mol. The summed E-state index contributed by atoms with van der Waals surface area (Å²) in [6, 6.07) is -0.618. The van der Waals surface area contributed by atoms with Gasteiger partial charge in [-0.05, 0) is 25.2 Å². The second-order valence-corrected chi connectivity index (χ2v) is 5.83. The van der Waals surface area contributed by atoms with E-state index in [1.54, 1.807) is 0 Å². The molecule has 0 aromatic carbocycles. The molecule has 1 aliphatic carbocycles. The smallest absolute Gasteiger partial charge is 0.394 e. The summed E-state index contributed by atoms with van der Waals surface area (Å²) in [7, 11) is 0. The lowest BCUT2D eigenvalue weighted by Crippen LogP contribution is -2.41. The number of rotatable bonds is 3. The predicted octanol–water partition coefficient (Wildman–Crippen LogP) is 2.25. The average Bonchev–Trinajstić information content (AvgIpc) is 2.91. The number of alkyl halides is 3. The third-order valence-electron chi connectivity index (χ3n) is 4.26. The van der Waals surface area contributed by atoms with Gasteiger partial charge >= 0.3 is 18.2 Å². The zero-order valence-electron chi connectivity index (χ0n) is 12.0. The zero-order valence-corrected chi connectivity index (χ0v) is 12.0. The molecule has 3 atom stereocenters. The molecule has 0 aromatic rings. The number of likely N-dealkylation sites (tertiary alicyclic amines) is 1. The summed E-state index contributed by atoms with van der Waals surface area (Å²) in [5.41, 5.74) is 0. The maximum Gasteiger partial charge on any atom is 0.394 e. The molecule has 5 nitrogen and oxygen atoms in total. The first-order valence-corrected chi connectivity index (χ1v) is 7.26. The second kappa shape index (κ2) is 6.58. The van der Waals surface area contributed by atoms with E-state index in [1.165, 1.54) is 0 Å². The lowest BCUT2D eigenvalue weighted by Gasteiger charge is -2.22. The molecule has 0 spiro atoms. The number of aliphatic carboxylic acids is 1. The van der Waals surface area contributed by atoms with E-state index in [9.17, 15) is 22.8 Å². The molecule has 2 rings (SSSR count). The van der Waals surface area contributed by atoms with E-state index in [-0.39, 0.29) is 5.92 Å². The van der Waals surface area contributed by atoms with E-state index in [4.69, 9.17) is 5.11 Å². The van der Waals surface area contributed by atoms with E-state index in [0.717, 1.165) is 24.2 Å². The number of nitrogens with one attached hydrogen (secondary N) is 1. The first-order valence-electron chi connectivity index (χ1n) is 7.26. The Balaban J connectivity index is 1.90. The number of carbonyl (C=O) groups is 2. The Kier molecular flexibility index (Phi) is 4.97. The SMILES string of the molecule is O=C(O)[C@@H]1CN(C(=O)NCC2CC=CCC2)C[C@H]1C(F)(F)F. The highest BCUT2D eigenvalue weighted by atomic mass is 19.4. The van der Waals surface area contributed by atoms with Crippen LogP contribution >= 0.6 is 0 Å². The van der Waals surface area contributed by atoms with Crippen molar-refractivity contribution in [1.82, 2.24) is 10.2 Å². The van der Waals surface area contributed by atoms with Crippen LogP contribution in [-0.4, -0.2) is 47.8 Å². The number of amides is 2. The molecule has 2 amide bonds. The van der Waals surface area contributed by atoms with Crippen molar-refractivity contribution in [2.24, 2.45) is 17.8 Å². The van der Waals surface area contributed by atoms with Gasteiger partial charge in [0, 0.05) is 19.6 Å². The molecule has 0 bridgehead atoms. The van der Waals surface area contributed by atoms with Crippen molar-refractivity contribution in [1.29, 1.82) is 0 Å². The van der Waals surface area contributed by atoms with Crippen LogP contribution in [0, 0.1) is 17.8 Å². The number of hydrogen-bond acceptors (Lipinski definition) is 2.